The maximum Gasteiger partial charge on any atom is 0.317 e. The molecule has 2 fully saturated rings. The van der Waals surface area contributed by atoms with E-state index in [0.29, 0.717) is 0 Å². The Bertz CT molecular complexity index is 399. The van der Waals surface area contributed by atoms with Crippen molar-refractivity contribution in [1.82, 2.24) is 15.1 Å². The third-order valence-electron chi connectivity index (χ3n) is 4.13. The smallest absolute Gasteiger partial charge is 0.317 e. The molecule has 120 valence electrons. The van der Waals surface area contributed by atoms with Crippen LogP contribution in [0.15, 0.2) is 0 Å². The molecule has 0 bridgehead atoms. The van der Waals surface area contributed by atoms with E-state index in [2.05, 4.69) is 5.32 Å². The average molecular weight is 301 g/mol. The van der Waals surface area contributed by atoms with Gasteiger partial charge in [-0.05, 0) is 12.8 Å². The van der Waals surface area contributed by atoms with Crippen LogP contribution in [0.25, 0.3) is 0 Å². The number of amides is 1. The van der Waals surface area contributed by atoms with Crippen molar-refractivity contribution in [2.24, 2.45) is 0 Å². The molecule has 0 spiro atoms. The van der Waals surface area contributed by atoms with Crippen LogP contribution >= 0.6 is 0 Å². The average Bonchev–Trinajstić information content (AvgIpc) is 2.97. The van der Waals surface area contributed by atoms with Gasteiger partial charge in [-0.2, -0.15) is 0 Å². The standard InChI is InChI=1S/C13H23N3O5/c1-8(17)14-13(15-4-2-3-5-15)11-12(21)9(18)6-16(11)7-10(19)20/h9,11-13,18,21H,2-7H2,1H3,(H,14,17)(H,19,20)/t9-,11-,12-,13?/m0/s1. The molecule has 1 unspecified atom stereocenters. The predicted molar refractivity (Wildman–Crippen MR) is 73.4 cm³/mol. The van der Waals surface area contributed by atoms with Crippen molar-refractivity contribution in [2.75, 3.05) is 26.2 Å². The van der Waals surface area contributed by atoms with E-state index in [4.69, 9.17) is 5.11 Å². The largest absolute Gasteiger partial charge is 0.480 e. The molecular weight excluding hydrogens is 278 g/mol. The second-order valence-corrected chi connectivity index (χ2v) is 5.76. The molecule has 0 aliphatic carbocycles. The molecule has 0 aromatic heterocycles. The Balaban J connectivity index is 2.20. The second kappa shape index (κ2) is 6.69. The van der Waals surface area contributed by atoms with Crippen LogP contribution in [0, 0.1) is 0 Å². The number of nitrogens with one attached hydrogen (secondary N) is 1. The van der Waals surface area contributed by atoms with Crippen molar-refractivity contribution in [1.29, 1.82) is 0 Å². The molecule has 2 rings (SSSR count). The number of hydrogen-bond donors (Lipinski definition) is 4. The first kappa shape index (κ1) is 16.2. The first-order valence-electron chi connectivity index (χ1n) is 7.23. The first-order valence-corrected chi connectivity index (χ1v) is 7.23. The van der Waals surface area contributed by atoms with Gasteiger partial charge in [0.1, 0.15) is 6.17 Å². The van der Waals surface area contributed by atoms with Crippen molar-refractivity contribution in [3.05, 3.63) is 0 Å². The number of aliphatic hydroxyl groups is 2. The fourth-order valence-corrected chi connectivity index (χ4v) is 3.26. The van der Waals surface area contributed by atoms with Gasteiger partial charge < -0.3 is 20.6 Å². The molecule has 2 saturated heterocycles. The highest BCUT2D eigenvalue weighted by atomic mass is 16.4. The summed E-state index contributed by atoms with van der Waals surface area (Å²) in [7, 11) is 0. The van der Waals surface area contributed by atoms with E-state index in [-0.39, 0.29) is 19.0 Å². The summed E-state index contributed by atoms with van der Waals surface area (Å²) in [5.74, 6) is -1.26. The van der Waals surface area contributed by atoms with Gasteiger partial charge in [-0.25, -0.2) is 0 Å². The van der Waals surface area contributed by atoms with Crippen molar-refractivity contribution in [3.63, 3.8) is 0 Å². The van der Waals surface area contributed by atoms with Crippen LogP contribution < -0.4 is 5.32 Å². The van der Waals surface area contributed by atoms with E-state index < -0.39 is 30.4 Å². The Morgan fingerprint density at radius 1 is 1.29 bits per heavy atom. The van der Waals surface area contributed by atoms with E-state index in [1.54, 1.807) is 0 Å². The summed E-state index contributed by atoms with van der Waals surface area (Å²) in [6.45, 7) is 2.77. The Hall–Kier alpha value is -1.22. The van der Waals surface area contributed by atoms with Crippen LogP contribution in [-0.2, 0) is 9.59 Å². The highest BCUT2D eigenvalue weighted by Gasteiger charge is 2.47. The highest BCUT2D eigenvalue weighted by Crippen LogP contribution is 2.25. The third-order valence-corrected chi connectivity index (χ3v) is 4.13. The second-order valence-electron chi connectivity index (χ2n) is 5.76. The van der Waals surface area contributed by atoms with Crippen LogP contribution in [0.2, 0.25) is 0 Å². The molecular formula is C13H23N3O5. The van der Waals surface area contributed by atoms with Crippen molar-refractivity contribution >= 4 is 11.9 Å². The lowest BCUT2D eigenvalue weighted by Gasteiger charge is -2.38. The Kier molecular flexibility index (Phi) is 5.15. The summed E-state index contributed by atoms with van der Waals surface area (Å²) in [4.78, 5) is 26.0. The molecule has 4 N–H and O–H groups in total. The zero-order valence-corrected chi connectivity index (χ0v) is 12.1. The topological polar surface area (TPSA) is 113 Å². The number of carbonyl (C=O) groups excluding carboxylic acids is 1. The molecule has 8 heteroatoms. The molecule has 4 atom stereocenters. The molecule has 2 aliphatic rings. The summed E-state index contributed by atoms with van der Waals surface area (Å²) in [6, 6.07) is -0.627. The molecule has 2 aliphatic heterocycles. The lowest BCUT2D eigenvalue weighted by Crippen LogP contribution is -2.61. The Morgan fingerprint density at radius 2 is 1.90 bits per heavy atom. The number of aliphatic hydroxyl groups excluding tert-OH is 2. The molecule has 0 saturated carbocycles. The van der Waals surface area contributed by atoms with Crippen molar-refractivity contribution in [2.45, 2.75) is 44.2 Å². The fourth-order valence-electron chi connectivity index (χ4n) is 3.26. The predicted octanol–water partition coefficient (Wildman–Crippen LogP) is -1.96. The molecule has 1 amide bonds. The molecule has 21 heavy (non-hydrogen) atoms. The zero-order chi connectivity index (χ0) is 15.6. The van der Waals surface area contributed by atoms with Crippen molar-refractivity contribution in [3.8, 4) is 0 Å². The molecule has 0 aromatic carbocycles. The summed E-state index contributed by atoms with van der Waals surface area (Å²) < 4.78 is 0. The number of β-amino-alcohol motifs (C(OH)–C–C–N with tert-alkyl or cyclic N) is 1. The number of carbonyl (C=O) groups is 2. The minimum Gasteiger partial charge on any atom is -0.480 e. The monoisotopic (exact) mass is 301 g/mol. The normalized spacial score (nSPS) is 32.2. The SMILES string of the molecule is CC(=O)NC([C@@H]1[C@@H](O)[C@@H](O)CN1CC(=O)O)N1CCCC1. The van der Waals surface area contributed by atoms with Gasteiger partial charge in [0.05, 0.1) is 24.8 Å². The minimum atomic E-state index is -1.08. The zero-order valence-electron chi connectivity index (χ0n) is 12.1. The van der Waals surface area contributed by atoms with E-state index in [0.717, 1.165) is 25.9 Å². The fraction of sp³-hybridized carbons (Fsp3) is 0.846. The Labute approximate surface area is 123 Å². The van der Waals surface area contributed by atoms with Gasteiger partial charge in [0.2, 0.25) is 5.91 Å². The van der Waals surface area contributed by atoms with E-state index in [1.165, 1.54) is 11.8 Å². The van der Waals surface area contributed by atoms with Crippen LogP contribution in [0.5, 0.6) is 0 Å². The quantitative estimate of drug-likeness (QED) is 0.466. The van der Waals surface area contributed by atoms with Gasteiger partial charge in [0.15, 0.2) is 0 Å². The number of rotatable bonds is 5. The van der Waals surface area contributed by atoms with Crippen LogP contribution in [0.4, 0.5) is 0 Å². The molecule has 0 aromatic rings. The number of likely N-dealkylation sites (tertiary alicyclic amines) is 2. The summed E-state index contributed by atoms with van der Waals surface area (Å²) in [5.41, 5.74) is 0. The maximum absolute atomic E-state index is 11.5. The third kappa shape index (κ3) is 3.70. The van der Waals surface area contributed by atoms with Gasteiger partial charge in [-0.15, -0.1) is 0 Å². The van der Waals surface area contributed by atoms with Gasteiger partial charge in [-0.3, -0.25) is 19.4 Å². The molecule has 8 nitrogen and oxygen atoms in total. The lowest BCUT2D eigenvalue weighted by atomic mass is 10.1. The van der Waals surface area contributed by atoms with Crippen LogP contribution in [0.3, 0.4) is 0 Å². The van der Waals surface area contributed by atoms with Gasteiger partial charge in [0, 0.05) is 26.6 Å². The molecule has 0 radical (unpaired) electrons. The Morgan fingerprint density at radius 3 is 2.43 bits per heavy atom. The number of carboxylic acid groups (broad SMARTS) is 1. The van der Waals surface area contributed by atoms with E-state index >= 15 is 0 Å². The summed E-state index contributed by atoms with van der Waals surface area (Å²) >= 11 is 0. The van der Waals surface area contributed by atoms with Gasteiger partial charge >= 0.3 is 5.97 Å². The maximum atomic E-state index is 11.5. The molecule has 2 heterocycles. The summed E-state index contributed by atoms with van der Waals surface area (Å²) in [5, 5.41) is 31.9. The van der Waals surface area contributed by atoms with E-state index in [1.807, 2.05) is 4.90 Å². The van der Waals surface area contributed by atoms with Gasteiger partial charge in [0.25, 0.3) is 0 Å². The van der Waals surface area contributed by atoms with Crippen LogP contribution in [-0.4, -0.2) is 87.6 Å². The van der Waals surface area contributed by atoms with Crippen molar-refractivity contribution < 1.29 is 24.9 Å². The number of carboxylic acids is 1. The lowest BCUT2D eigenvalue weighted by molar-refractivity contribution is -0.139. The first-order chi connectivity index (χ1) is 9.90. The van der Waals surface area contributed by atoms with E-state index in [9.17, 15) is 19.8 Å². The summed E-state index contributed by atoms with van der Waals surface area (Å²) in [6.07, 6.45) is -0.577. The highest BCUT2D eigenvalue weighted by molar-refractivity contribution is 5.73. The number of aliphatic carboxylic acids is 1. The number of hydrogen-bond acceptors (Lipinski definition) is 6. The number of nitrogens with zero attached hydrogens (tertiary/aromatic N) is 2. The van der Waals surface area contributed by atoms with Gasteiger partial charge in [-0.1, -0.05) is 0 Å². The van der Waals surface area contributed by atoms with Crippen LogP contribution in [0.1, 0.15) is 19.8 Å². The minimum absolute atomic E-state index is 0.0854.